The normalized spacial score (nSPS) is 25.2. The van der Waals surface area contributed by atoms with E-state index in [4.69, 9.17) is 0 Å². The first-order valence-electron chi connectivity index (χ1n) is 6.71. The van der Waals surface area contributed by atoms with E-state index in [2.05, 4.69) is 0 Å². The van der Waals surface area contributed by atoms with Crippen LogP contribution in [0.25, 0.3) is 0 Å². The van der Waals surface area contributed by atoms with E-state index in [0.29, 0.717) is 19.3 Å². The first-order valence-corrected chi connectivity index (χ1v) is 6.71. The number of Topliss-reactive ketones (excluding diaryl/α,β-unsaturated/α-hetero) is 1. The van der Waals surface area contributed by atoms with Crippen LogP contribution >= 0.6 is 0 Å². The van der Waals surface area contributed by atoms with Crippen molar-refractivity contribution < 1.29 is 13.6 Å². The van der Waals surface area contributed by atoms with Crippen molar-refractivity contribution in [2.24, 2.45) is 10.8 Å². The molecule has 1 atom stereocenters. The van der Waals surface area contributed by atoms with Gasteiger partial charge in [-0.15, -0.1) is 0 Å². The van der Waals surface area contributed by atoms with E-state index >= 15 is 0 Å². The molecule has 1 aromatic carbocycles. The lowest BCUT2D eigenvalue weighted by Gasteiger charge is -2.39. The minimum absolute atomic E-state index is 0.167. The molecule has 0 amide bonds. The van der Waals surface area contributed by atoms with Crippen molar-refractivity contribution in [3.63, 3.8) is 0 Å². The molecule has 20 heavy (non-hydrogen) atoms. The molecular weight excluding hydrogens is 260 g/mol. The van der Waals surface area contributed by atoms with E-state index in [9.17, 15) is 18.8 Å². The maximum absolute atomic E-state index is 13.8. The molecular formula is C16H17F2NO. The Morgan fingerprint density at radius 2 is 1.85 bits per heavy atom. The van der Waals surface area contributed by atoms with Gasteiger partial charge in [0.15, 0.2) is 5.78 Å². The minimum Gasteiger partial charge on any atom is -0.297 e. The van der Waals surface area contributed by atoms with Gasteiger partial charge in [-0.25, -0.2) is 8.78 Å². The molecule has 0 aromatic heterocycles. The Balaban J connectivity index is 2.43. The van der Waals surface area contributed by atoms with E-state index in [1.165, 1.54) is 6.07 Å². The van der Waals surface area contributed by atoms with Gasteiger partial charge in [-0.3, -0.25) is 4.79 Å². The second-order valence-corrected chi connectivity index (χ2v) is 6.14. The van der Waals surface area contributed by atoms with E-state index in [1.54, 1.807) is 13.8 Å². The third-order valence-electron chi connectivity index (χ3n) is 4.21. The molecule has 0 spiro atoms. The van der Waals surface area contributed by atoms with Crippen LogP contribution in [0.2, 0.25) is 0 Å². The molecule has 1 aliphatic carbocycles. The molecule has 1 aliphatic rings. The quantitative estimate of drug-likeness (QED) is 0.825. The molecule has 0 N–H and O–H groups in total. The second kappa shape index (κ2) is 4.97. The van der Waals surface area contributed by atoms with Crippen LogP contribution in [0.4, 0.5) is 8.78 Å². The SMILES string of the molecule is CC1(C)CCCC(C#N)(Cc2c(F)cccc2F)C1=O. The highest BCUT2D eigenvalue weighted by Crippen LogP contribution is 2.45. The lowest BCUT2D eigenvalue weighted by Crippen LogP contribution is -2.45. The number of halogens is 2. The summed E-state index contributed by atoms with van der Waals surface area (Å²) in [4.78, 5) is 12.6. The fraction of sp³-hybridized carbons (Fsp3) is 0.500. The Morgan fingerprint density at radius 3 is 2.40 bits per heavy atom. The zero-order valence-electron chi connectivity index (χ0n) is 11.7. The van der Waals surface area contributed by atoms with Crippen molar-refractivity contribution in [1.29, 1.82) is 5.26 Å². The van der Waals surface area contributed by atoms with E-state index < -0.39 is 22.5 Å². The molecule has 0 heterocycles. The van der Waals surface area contributed by atoms with Crippen molar-refractivity contribution in [3.05, 3.63) is 35.4 Å². The van der Waals surface area contributed by atoms with Gasteiger partial charge in [0, 0.05) is 17.4 Å². The van der Waals surface area contributed by atoms with Crippen molar-refractivity contribution in [1.82, 2.24) is 0 Å². The molecule has 0 saturated heterocycles. The van der Waals surface area contributed by atoms with Gasteiger partial charge < -0.3 is 0 Å². The van der Waals surface area contributed by atoms with Crippen molar-refractivity contribution in [2.45, 2.75) is 39.5 Å². The van der Waals surface area contributed by atoms with Gasteiger partial charge in [-0.2, -0.15) is 5.26 Å². The van der Waals surface area contributed by atoms with Gasteiger partial charge in [0.25, 0.3) is 0 Å². The van der Waals surface area contributed by atoms with Crippen molar-refractivity contribution in [3.8, 4) is 6.07 Å². The number of nitriles is 1. The summed E-state index contributed by atoms with van der Waals surface area (Å²) in [7, 11) is 0. The third-order valence-corrected chi connectivity index (χ3v) is 4.21. The summed E-state index contributed by atoms with van der Waals surface area (Å²) in [5.74, 6) is -1.60. The summed E-state index contributed by atoms with van der Waals surface area (Å²) in [6.07, 6.45) is 1.58. The summed E-state index contributed by atoms with van der Waals surface area (Å²) in [5, 5.41) is 9.47. The average molecular weight is 277 g/mol. The highest BCUT2D eigenvalue weighted by atomic mass is 19.1. The fourth-order valence-corrected chi connectivity index (χ4v) is 3.02. The molecule has 0 aliphatic heterocycles. The zero-order chi connectivity index (χ0) is 15.0. The molecule has 1 aromatic rings. The summed E-state index contributed by atoms with van der Waals surface area (Å²) < 4.78 is 27.5. The van der Waals surface area contributed by atoms with E-state index in [-0.39, 0.29) is 17.8 Å². The Kier molecular flexibility index (Phi) is 3.64. The zero-order valence-corrected chi connectivity index (χ0v) is 11.7. The number of carbonyl (C=O) groups excluding carboxylic acids is 1. The topological polar surface area (TPSA) is 40.9 Å². The van der Waals surface area contributed by atoms with Gasteiger partial charge in [-0.1, -0.05) is 26.3 Å². The minimum atomic E-state index is -1.31. The van der Waals surface area contributed by atoms with Gasteiger partial charge in [0.05, 0.1) is 6.07 Å². The Morgan fingerprint density at radius 1 is 1.25 bits per heavy atom. The summed E-state index contributed by atoms with van der Waals surface area (Å²) in [6, 6.07) is 5.63. The third kappa shape index (κ3) is 2.33. The maximum Gasteiger partial charge on any atom is 0.158 e. The first kappa shape index (κ1) is 14.6. The van der Waals surface area contributed by atoms with Gasteiger partial charge >= 0.3 is 0 Å². The average Bonchev–Trinajstić information content (AvgIpc) is 2.39. The molecule has 1 unspecified atom stereocenters. The number of carbonyl (C=O) groups is 1. The lowest BCUT2D eigenvalue weighted by molar-refractivity contribution is -0.138. The van der Waals surface area contributed by atoms with Crippen LogP contribution in [0.1, 0.15) is 38.7 Å². The number of hydrogen-bond acceptors (Lipinski definition) is 2. The van der Waals surface area contributed by atoms with Crippen LogP contribution < -0.4 is 0 Å². The van der Waals surface area contributed by atoms with Gasteiger partial charge in [0.1, 0.15) is 17.0 Å². The van der Waals surface area contributed by atoms with Crippen LogP contribution in [-0.2, 0) is 11.2 Å². The predicted molar refractivity (Wildman–Crippen MR) is 70.7 cm³/mol. The van der Waals surface area contributed by atoms with Crippen LogP contribution in [0.5, 0.6) is 0 Å². The Hall–Kier alpha value is -1.76. The van der Waals surface area contributed by atoms with Crippen molar-refractivity contribution in [2.75, 3.05) is 0 Å². The molecule has 0 radical (unpaired) electrons. The molecule has 0 bridgehead atoms. The van der Waals surface area contributed by atoms with Gasteiger partial charge in [-0.05, 0) is 25.0 Å². The predicted octanol–water partition coefficient (Wildman–Crippen LogP) is 3.80. The number of nitrogens with zero attached hydrogens (tertiary/aromatic N) is 1. The standard InChI is InChI=1S/C16H17F2NO/c1-15(2)7-4-8-16(10-19,14(15)20)9-11-12(17)5-3-6-13(11)18/h3,5-6H,4,7-9H2,1-2H3. The summed E-state index contributed by atoms with van der Waals surface area (Å²) >= 11 is 0. The molecule has 1 saturated carbocycles. The summed E-state index contributed by atoms with van der Waals surface area (Å²) in [6.45, 7) is 3.58. The largest absolute Gasteiger partial charge is 0.297 e. The highest BCUT2D eigenvalue weighted by Gasteiger charge is 2.49. The molecule has 2 rings (SSSR count). The summed E-state index contributed by atoms with van der Waals surface area (Å²) in [5.41, 5.74) is -2.10. The number of ketones is 1. The molecule has 2 nitrogen and oxygen atoms in total. The van der Waals surface area contributed by atoms with Crippen LogP contribution in [0.15, 0.2) is 18.2 Å². The molecule has 1 fully saturated rings. The first-order chi connectivity index (χ1) is 9.32. The smallest absolute Gasteiger partial charge is 0.158 e. The fourth-order valence-electron chi connectivity index (χ4n) is 3.02. The van der Waals surface area contributed by atoms with Gasteiger partial charge in [0.2, 0.25) is 0 Å². The highest BCUT2D eigenvalue weighted by molar-refractivity contribution is 5.93. The number of benzene rings is 1. The molecule has 106 valence electrons. The molecule has 4 heteroatoms. The second-order valence-electron chi connectivity index (χ2n) is 6.14. The number of rotatable bonds is 2. The monoisotopic (exact) mass is 277 g/mol. The van der Waals surface area contributed by atoms with E-state index in [1.807, 2.05) is 6.07 Å². The number of hydrogen-bond donors (Lipinski definition) is 0. The Labute approximate surface area is 117 Å². The Bertz CT molecular complexity index is 568. The van der Waals surface area contributed by atoms with E-state index in [0.717, 1.165) is 12.1 Å². The lowest BCUT2D eigenvalue weighted by atomic mass is 9.61. The van der Waals surface area contributed by atoms with Crippen LogP contribution in [0.3, 0.4) is 0 Å². The van der Waals surface area contributed by atoms with Crippen molar-refractivity contribution >= 4 is 5.78 Å². The van der Waals surface area contributed by atoms with Crippen LogP contribution in [0, 0.1) is 33.8 Å². The maximum atomic E-state index is 13.8. The van der Waals surface area contributed by atoms with Crippen LogP contribution in [-0.4, -0.2) is 5.78 Å².